The van der Waals surface area contributed by atoms with Crippen LogP contribution in [-0.2, 0) is 4.57 Å². The van der Waals surface area contributed by atoms with Crippen LogP contribution in [0.15, 0.2) is 71.0 Å². The third-order valence-corrected chi connectivity index (χ3v) is 6.81. The van der Waals surface area contributed by atoms with Crippen LogP contribution < -0.4 is 5.30 Å². The average molecular weight is 333 g/mol. The van der Waals surface area contributed by atoms with E-state index in [0.29, 0.717) is 6.16 Å². The van der Waals surface area contributed by atoms with E-state index in [4.69, 9.17) is 0 Å². The SMILES string of the molecule is O=[P@]1(c2ccccc2)C=C[C@H](c2ccc(Br)cc2)C1. The highest BCUT2D eigenvalue weighted by molar-refractivity contribution is 9.10. The third-order valence-electron chi connectivity index (χ3n) is 3.52. The molecule has 0 bridgehead atoms. The molecule has 2 atom stereocenters. The summed E-state index contributed by atoms with van der Waals surface area (Å²) >= 11 is 3.44. The molecule has 0 N–H and O–H groups in total. The lowest BCUT2D eigenvalue weighted by molar-refractivity contribution is 0.586. The Morgan fingerprint density at radius 1 is 1.00 bits per heavy atom. The summed E-state index contributed by atoms with van der Waals surface area (Å²) in [5.41, 5.74) is 1.23. The summed E-state index contributed by atoms with van der Waals surface area (Å²) in [4.78, 5) is 0. The molecule has 1 nitrogen and oxygen atoms in total. The molecule has 0 fully saturated rings. The van der Waals surface area contributed by atoms with Crippen molar-refractivity contribution in [3.63, 3.8) is 0 Å². The van der Waals surface area contributed by atoms with Crippen LogP contribution in [0.25, 0.3) is 0 Å². The van der Waals surface area contributed by atoms with E-state index in [2.05, 4.69) is 34.1 Å². The quantitative estimate of drug-likeness (QED) is 0.725. The predicted octanol–water partition coefficient (Wildman–Crippen LogP) is 4.75. The van der Waals surface area contributed by atoms with Crippen LogP contribution in [0.4, 0.5) is 0 Å². The standard InChI is InChI=1S/C16H14BrOP/c17-15-8-6-13(7-9-15)14-10-11-19(18,12-14)16-4-2-1-3-5-16/h1-11,14H,12H2/t14-,19+/m0/s1. The second kappa shape index (κ2) is 5.11. The van der Waals surface area contributed by atoms with Gasteiger partial charge in [0.05, 0.1) is 0 Å². The first kappa shape index (κ1) is 12.9. The fraction of sp³-hybridized carbons (Fsp3) is 0.125. The van der Waals surface area contributed by atoms with E-state index in [9.17, 15) is 4.57 Å². The molecule has 0 aliphatic carbocycles. The molecule has 0 amide bonds. The van der Waals surface area contributed by atoms with Gasteiger partial charge in [-0.2, -0.15) is 0 Å². The Bertz CT molecular complexity index is 646. The molecule has 3 rings (SSSR count). The normalized spacial score (nSPS) is 25.6. The van der Waals surface area contributed by atoms with Crippen molar-refractivity contribution in [3.8, 4) is 0 Å². The lowest BCUT2D eigenvalue weighted by atomic mass is 10.0. The first-order chi connectivity index (χ1) is 9.17. The summed E-state index contributed by atoms with van der Waals surface area (Å²) < 4.78 is 14.0. The van der Waals surface area contributed by atoms with E-state index in [0.717, 1.165) is 9.78 Å². The number of allylic oxidation sites excluding steroid dienone is 1. The minimum atomic E-state index is -2.35. The van der Waals surface area contributed by atoms with E-state index < -0.39 is 7.14 Å². The zero-order valence-corrected chi connectivity index (χ0v) is 12.8. The maximum atomic E-state index is 13.0. The minimum Gasteiger partial charge on any atom is -0.314 e. The fourth-order valence-corrected chi connectivity index (χ4v) is 5.30. The van der Waals surface area contributed by atoms with Gasteiger partial charge in [-0.1, -0.05) is 64.5 Å². The molecule has 3 heteroatoms. The highest BCUT2D eigenvalue weighted by Crippen LogP contribution is 2.54. The van der Waals surface area contributed by atoms with Crippen LogP contribution in [0.1, 0.15) is 11.5 Å². The largest absolute Gasteiger partial charge is 0.314 e. The van der Waals surface area contributed by atoms with Gasteiger partial charge in [-0.15, -0.1) is 0 Å². The van der Waals surface area contributed by atoms with Gasteiger partial charge in [-0.25, -0.2) is 0 Å². The van der Waals surface area contributed by atoms with Crippen molar-refractivity contribution in [2.24, 2.45) is 0 Å². The molecule has 0 spiro atoms. The zero-order valence-electron chi connectivity index (χ0n) is 10.4. The minimum absolute atomic E-state index is 0.263. The Kier molecular flexibility index (Phi) is 3.47. The highest BCUT2D eigenvalue weighted by atomic mass is 79.9. The predicted molar refractivity (Wildman–Crippen MR) is 84.6 cm³/mol. The Hall–Kier alpha value is -1.11. The zero-order chi connectivity index (χ0) is 13.3. The summed E-state index contributed by atoms with van der Waals surface area (Å²) in [5.74, 6) is 2.19. The van der Waals surface area contributed by atoms with E-state index in [1.165, 1.54) is 5.56 Å². The van der Waals surface area contributed by atoms with Gasteiger partial charge in [0.1, 0.15) is 7.14 Å². The summed E-state index contributed by atoms with van der Waals surface area (Å²) in [6.07, 6.45) is 2.80. The molecule has 0 aromatic heterocycles. The summed E-state index contributed by atoms with van der Waals surface area (Å²) in [5, 5.41) is 0.964. The second-order valence-electron chi connectivity index (χ2n) is 4.81. The second-order valence-corrected chi connectivity index (χ2v) is 8.50. The van der Waals surface area contributed by atoms with Crippen molar-refractivity contribution >= 4 is 28.4 Å². The molecule has 0 saturated heterocycles. The van der Waals surface area contributed by atoms with Gasteiger partial charge in [0.15, 0.2) is 0 Å². The van der Waals surface area contributed by atoms with Crippen molar-refractivity contribution in [1.82, 2.24) is 0 Å². The van der Waals surface area contributed by atoms with Crippen LogP contribution in [0.2, 0.25) is 0 Å². The van der Waals surface area contributed by atoms with Gasteiger partial charge < -0.3 is 4.57 Å². The van der Waals surface area contributed by atoms with Crippen LogP contribution in [0.3, 0.4) is 0 Å². The number of hydrogen-bond acceptors (Lipinski definition) is 1. The fourth-order valence-electron chi connectivity index (χ4n) is 2.46. The van der Waals surface area contributed by atoms with Crippen molar-refractivity contribution < 1.29 is 4.57 Å². The Labute approximate surface area is 121 Å². The van der Waals surface area contributed by atoms with Crippen molar-refractivity contribution in [1.29, 1.82) is 0 Å². The first-order valence-corrected chi connectivity index (χ1v) is 9.02. The molecule has 19 heavy (non-hydrogen) atoms. The average Bonchev–Trinajstić information content (AvgIpc) is 2.85. The van der Waals surface area contributed by atoms with Gasteiger partial charge in [-0.05, 0) is 23.5 Å². The topological polar surface area (TPSA) is 17.1 Å². The maximum absolute atomic E-state index is 13.0. The molecule has 0 saturated carbocycles. The molecule has 1 aliphatic rings. The van der Waals surface area contributed by atoms with Gasteiger partial charge >= 0.3 is 0 Å². The molecular formula is C16H14BrOP. The molecule has 0 radical (unpaired) electrons. The lowest BCUT2D eigenvalue weighted by Gasteiger charge is -2.13. The summed E-state index contributed by atoms with van der Waals surface area (Å²) in [6, 6.07) is 18.1. The van der Waals surface area contributed by atoms with Gasteiger partial charge in [-0.3, -0.25) is 0 Å². The Morgan fingerprint density at radius 3 is 2.37 bits per heavy atom. The molecule has 1 aliphatic heterocycles. The van der Waals surface area contributed by atoms with E-state index in [-0.39, 0.29) is 5.92 Å². The molecule has 1 heterocycles. The molecule has 96 valence electrons. The molecule has 2 aromatic rings. The van der Waals surface area contributed by atoms with E-state index >= 15 is 0 Å². The van der Waals surface area contributed by atoms with Gasteiger partial charge in [0, 0.05) is 21.9 Å². The van der Waals surface area contributed by atoms with Gasteiger partial charge in [0.25, 0.3) is 0 Å². The number of benzene rings is 2. The van der Waals surface area contributed by atoms with Crippen LogP contribution in [0, 0.1) is 0 Å². The molecule has 2 aromatic carbocycles. The van der Waals surface area contributed by atoms with Crippen molar-refractivity contribution in [3.05, 3.63) is 76.5 Å². The monoisotopic (exact) mass is 332 g/mol. The molecule has 0 unspecified atom stereocenters. The molecular weight excluding hydrogens is 319 g/mol. The van der Waals surface area contributed by atoms with E-state index in [1.807, 2.05) is 48.3 Å². The van der Waals surface area contributed by atoms with Gasteiger partial charge in [0.2, 0.25) is 0 Å². The Balaban J connectivity index is 1.87. The van der Waals surface area contributed by atoms with Crippen molar-refractivity contribution in [2.75, 3.05) is 6.16 Å². The van der Waals surface area contributed by atoms with Crippen LogP contribution in [-0.4, -0.2) is 6.16 Å². The number of halogens is 1. The van der Waals surface area contributed by atoms with Crippen LogP contribution in [0.5, 0.6) is 0 Å². The third kappa shape index (κ3) is 2.61. The lowest BCUT2D eigenvalue weighted by Crippen LogP contribution is -2.06. The number of rotatable bonds is 2. The smallest absolute Gasteiger partial charge is 0.137 e. The first-order valence-electron chi connectivity index (χ1n) is 6.27. The van der Waals surface area contributed by atoms with Crippen LogP contribution >= 0.6 is 23.1 Å². The number of hydrogen-bond donors (Lipinski definition) is 0. The Morgan fingerprint density at radius 2 is 1.68 bits per heavy atom. The summed E-state index contributed by atoms with van der Waals surface area (Å²) in [6.45, 7) is 0. The summed E-state index contributed by atoms with van der Waals surface area (Å²) in [7, 11) is -2.35. The van der Waals surface area contributed by atoms with E-state index in [1.54, 1.807) is 0 Å². The highest BCUT2D eigenvalue weighted by Gasteiger charge is 2.30. The van der Waals surface area contributed by atoms with Crippen molar-refractivity contribution in [2.45, 2.75) is 5.92 Å². The maximum Gasteiger partial charge on any atom is 0.137 e.